The molecule has 22 heavy (non-hydrogen) atoms. The molecule has 0 fully saturated rings. The van der Waals surface area contributed by atoms with Crippen LogP contribution in [0.3, 0.4) is 0 Å². The third-order valence-corrected chi connectivity index (χ3v) is 4.81. The minimum Gasteiger partial charge on any atom is -0.504 e. The van der Waals surface area contributed by atoms with E-state index in [1.807, 2.05) is 12.2 Å². The van der Waals surface area contributed by atoms with Crippen LogP contribution in [0.4, 0.5) is 5.13 Å². The average molecular weight is 317 g/mol. The lowest BCUT2D eigenvalue weighted by atomic mass is 10.1. The summed E-state index contributed by atoms with van der Waals surface area (Å²) in [7, 11) is 0. The number of fused-ring (bicyclic) bond motifs is 1. The normalized spacial score (nSPS) is 15.8. The minimum absolute atomic E-state index is 0.0727. The molecule has 1 aliphatic rings. The molecule has 1 aromatic heterocycles. The first kappa shape index (κ1) is 14.9. The molecule has 0 spiro atoms. The van der Waals surface area contributed by atoms with E-state index < -0.39 is 0 Å². The number of aromatic nitrogens is 1. The molecule has 5 nitrogen and oxygen atoms in total. The van der Waals surface area contributed by atoms with Gasteiger partial charge in [-0.05, 0) is 12.5 Å². The van der Waals surface area contributed by atoms with Gasteiger partial charge in [0.15, 0.2) is 16.6 Å². The Morgan fingerprint density at radius 3 is 2.95 bits per heavy atom. The fraction of sp³-hybridized carbons (Fsp3) is 0.312. The second-order valence-corrected chi connectivity index (χ2v) is 6.46. The van der Waals surface area contributed by atoms with E-state index in [4.69, 9.17) is 5.73 Å². The van der Waals surface area contributed by atoms with Crippen LogP contribution in [0.1, 0.15) is 16.1 Å². The van der Waals surface area contributed by atoms with Crippen LogP contribution in [0.25, 0.3) is 6.08 Å². The molecule has 0 atom stereocenters. The average Bonchev–Trinajstić information content (AvgIpc) is 2.75. The van der Waals surface area contributed by atoms with E-state index in [0.717, 1.165) is 38.2 Å². The van der Waals surface area contributed by atoms with Gasteiger partial charge in [-0.3, -0.25) is 4.90 Å². The van der Waals surface area contributed by atoms with Crippen LogP contribution in [-0.4, -0.2) is 39.7 Å². The van der Waals surface area contributed by atoms with Gasteiger partial charge >= 0.3 is 0 Å². The van der Waals surface area contributed by atoms with Gasteiger partial charge in [-0.1, -0.05) is 24.3 Å². The fourth-order valence-corrected chi connectivity index (χ4v) is 3.49. The number of anilines is 1. The zero-order chi connectivity index (χ0) is 15.5. The Morgan fingerprint density at radius 1 is 1.27 bits per heavy atom. The molecule has 0 saturated carbocycles. The maximum Gasteiger partial charge on any atom is 0.180 e. The van der Waals surface area contributed by atoms with E-state index in [0.29, 0.717) is 10.7 Å². The van der Waals surface area contributed by atoms with Crippen molar-refractivity contribution < 1.29 is 10.2 Å². The van der Waals surface area contributed by atoms with Gasteiger partial charge in [0.05, 0.1) is 5.69 Å². The van der Waals surface area contributed by atoms with Crippen molar-refractivity contribution in [3.63, 3.8) is 0 Å². The predicted molar refractivity (Wildman–Crippen MR) is 89.2 cm³/mol. The summed E-state index contributed by atoms with van der Waals surface area (Å²) in [6, 6.07) is 4.96. The van der Waals surface area contributed by atoms with Gasteiger partial charge in [-0.25, -0.2) is 4.98 Å². The number of hydrogen-bond donors (Lipinski definition) is 3. The van der Waals surface area contributed by atoms with Crippen molar-refractivity contribution in [3.05, 3.63) is 40.4 Å². The summed E-state index contributed by atoms with van der Waals surface area (Å²) in [4.78, 5) is 8.03. The van der Waals surface area contributed by atoms with Crippen molar-refractivity contribution >= 4 is 22.5 Å². The number of thiazole rings is 1. The number of phenolic OH excluding ortho intramolecular Hbond substituents is 2. The summed E-state index contributed by atoms with van der Waals surface area (Å²) in [6.07, 6.45) is 5.76. The van der Waals surface area contributed by atoms with Gasteiger partial charge in [-0.15, -0.1) is 11.3 Å². The molecule has 3 rings (SSSR count). The Kier molecular flexibility index (Phi) is 4.31. The lowest BCUT2D eigenvalue weighted by molar-refractivity contribution is 0.318. The number of para-hydroxylation sites is 1. The third kappa shape index (κ3) is 3.23. The smallest absolute Gasteiger partial charge is 0.180 e. The van der Waals surface area contributed by atoms with Crippen LogP contribution in [-0.2, 0) is 12.8 Å². The first-order valence-electron chi connectivity index (χ1n) is 7.27. The Balaban J connectivity index is 1.59. The quantitative estimate of drug-likeness (QED) is 0.756. The van der Waals surface area contributed by atoms with Crippen LogP contribution in [0.15, 0.2) is 24.3 Å². The number of nitrogen functional groups attached to an aromatic ring is 1. The SMILES string of the molecule is Nc1nc2c(s1)CCN(C/C=C/c1cccc(O)c1O)CC2. The molecule has 0 amide bonds. The molecule has 1 aromatic carbocycles. The van der Waals surface area contributed by atoms with Crippen molar-refractivity contribution in [1.29, 1.82) is 0 Å². The molecular weight excluding hydrogens is 298 g/mol. The Hall–Kier alpha value is -2.05. The molecular formula is C16H19N3O2S. The Labute approximate surface area is 133 Å². The second-order valence-electron chi connectivity index (χ2n) is 5.34. The molecule has 116 valence electrons. The van der Waals surface area contributed by atoms with Crippen LogP contribution < -0.4 is 5.73 Å². The zero-order valence-corrected chi connectivity index (χ0v) is 13.0. The van der Waals surface area contributed by atoms with Crippen molar-refractivity contribution in [2.45, 2.75) is 12.8 Å². The molecule has 0 aliphatic carbocycles. The van der Waals surface area contributed by atoms with E-state index in [9.17, 15) is 10.2 Å². The van der Waals surface area contributed by atoms with Gasteiger partial charge in [0.1, 0.15) is 0 Å². The first-order valence-corrected chi connectivity index (χ1v) is 8.09. The van der Waals surface area contributed by atoms with Crippen LogP contribution in [0.2, 0.25) is 0 Å². The van der Waals surface area contributed by atoms with Crippen molar-refractivity contribution in [2.75, 3.05) is 25.4 Å². The molecule has 4 N–H and O–H groups in total. The summed E-state index contributed by atoms with van der Waals surface area (Å²) >= 11 is 1.59. The van der Waals surface area contributed by atoms with Crippen molar-refractivity contribution in [1.82, 2.24) is 9.88 Å². The second kappa shape index (κ2) is 6.37. The van der Waals surface area contributed by atoms with Crippen molar-refractivity contribution in [3.8, 4) is 11.5 Å². The van der Waals surface area contributed by atoms with E-state index >= 15 is 0 Å². The summed E-state index contributed by atoms with van der Waals surface area (Å²) in [6.45, 7) is 2.73. The summed E-state index contributed by atoms with van der Waals surface area (Å²) < 4.78 is 0. The number of nitrogens with two attached hydrogens (primary N) is 1. The standard InChI is InChI=1S/C16H19N3O2S/c17-16-18-12-6-9-19(10-7-14(12)22-16)8-2-4-11-3-1-5-13(20)15(11)21/h1-5,20-21H,6-10H2,(H2,17,18)/b4-2+. The van der Waals surface area contributed by atoms with Gasteiger partial charge in [0.2, 0.25) is 0 Å². The monoisotopic (exact) mass is 317 g/mol. The topological polar surface area (TPSA) is 82.6 Å². The summed E-state index contributed by atoms with van der Waals surface area (Å²) in [5.74, 6) is -0.165. The molecule has 2 heterocycles. The Bertz CT molecular complexity index is 671. The number of nitrogens with zero attached hydrogens (tertiary/aromatic N) is 2. The fourth-order valence-electron chi connectivity index (χ4n) is 2.62. The van der Waals surface area contributed by atoms with Crippen LogP contribution in [0.5, 0.6) is 11.5 Å². The number of phenols is 2. The number of hydrogen-bond acceptors (Lipinski definition) is 6. The van der Waals surface area contributed by atoms with Gasteiger partial charge in [0, 0.05) is 36.5 Å². The summed E-state index contributed by atoms with van der Waals surface area (Å²) in [5.41, 5.74) is 7.52. The molecule has 0 unspecified atom stereocenters. The zero-order valence-electron chi connectivity index (χ0n) is 12.2. The maximum atomic E-state index is 9.76. The van der Waals surface area contributed by atoms with E-state index in [1.165, 1.54) is 10.9 Å². The van der Waals surface area contributed by atoms with Gasteiger partial charge < -0.3 is 15.9 Å². The van der Waals surface area contributed by atoms with Gasteiger partial charge in [0.25, 0.3) is 0 Å². The number of aromatic hydroxyl groups is 2. The molecule has 0 bridgehead atoms. The largest absolute Gasteiger partial charge is 0.504 e. The van der Waals surface area contributed by atoms with E-state index in [1.54, 1.807) is 23.5 Å². The van der Waals surface area contributed by atoms with E-state index in [2.05, 4.69) is 9.88 Å². The van der Waals surface area contributed by atoms with Gasteiger partial charge in [-0.2, -0.15) is 0 Å². The molecule has 2 aromatic rings. The lowest BCUT2D eigenvalue weighted by Gasteiger charge is -2.17. The number of rotatable bonds is 3. The predicted octanol–water partition coefficient (Wildman–Crippen LogP) is 2.25. The molecule has 0 radical (unpaired) electrons. The molecule has 1 aliphatic heterocycles. The highest BCUT2D eigenvalue weighted by Crippen LogP contribution is 2.29. The highest BCUT2D eigenvalue weighted by Gasteiger charge is 2.16. The summed E-state index contributed by atoms with van der Waals surface area (Å²) in [5, 5.41) is 19.9. The Morgan fingerprint density at radius 2 is 2.09 bits per heavy atom. The van der Waals surface area contributed by atoms with Crippen LogP contribution in [0, 0.1) is 0 Å². The molecule has 6 heteroatoms. The first-order chi connectivity index (χ1) is 10.6. The van der Waals surface area contributed by atoms with Crippen molar-refractivity contribution in [2.24, 2.45) is 0 Å². The minimum atomic E-state index is -0.0926. The lowest BCUT2D eigenvalue weighted by Crippen LogP contribution is -2.26. The van der Waals surface area contributed by atoms with Crippen LogP contribution >= 0.6 is 11.3 Å². The number of benzene rings is 1. The van der Waals surface area contributed by atoms with E-state index in [-0.39, 0.29) is 11.5 Å². The highest BCUT2D eigenvalue weighted by atomic mass is 32.1. The molecule has 0 saturated heterocycles. The highest BCUT2D eigenvalue weighted by molar-refractivity contribution is 7.15. The third-order valence-electron chi connectivity index (χ3n) is 3.82. The maximum absolute atomic E-state index is 9.76.